The fourth-order valence-electron chi connectivity index (χ4n) is 2.03. The van der Waals surface area contributed by atoms with Crippen LogP contribution in [0.15, 0.2) is 42.6 Å². The molecule has 0 saturated heterocycles. The normalized spacial score (nSPS) is 10.9. The summed E-state index contributed by atoms with van der Waals surface area (Å²) in [4.78, 5) is 16.0. The van der Waals surface area contributed by atoms with Crippen LogP contribution in [-0.2, 0) is 11.3 Å². The molecule has 25 heavy (non-hydrogen) atoms. The number of benzene rings is 1. The first-order valence-corrected chi connectivity index (χ1v) is 7.89. The summed E-state index contributed by atoms with van der Waals surface area (Å²) < 4.78 is 23.9. The molecule has 0 saturated carbocycles. The van der Waals surface area contributed by atoms with E-state index in [4.69, 9.17) is 9.47 Å². The number of methoxy groups -OCH3 is 1. The van der Waals surface area contributed by atoms with E-state index in [2.05, 4.69) is 10.3 Å². The summed E-state index contributed by atoms with van der Waals surface area (Å²) in [5, 5.41) is 2.74. The van der Waals surface area contributed by atoms with Gasteiger partial charge in [-0.15, -0.1) is 0 Å². The summed E-state index contributed by atoms with van der Waals surface area (Å²) in [5.41, 5.74) is 1.43. The van der Waals surface area contributed by atoms with Crippen molar-refractivity contribution in [2.45, 2.75) is 26.5 Å². The predicted molar refractivity (Wildman–Crippen MR) is 93.8 cm³/mol. The van der Waals surface area contributed by atoms with Crippen LogP contribution in [0.1, 0.15) is 25.0 Å². The molecule has 132 valence electrons. The number of carbonyl (C=O) groups is 1. The van der Waals surface area contributed by atoms with Crippen LogP contribution in [-0.4, -0.2) is 24.1 Å². The van der Waals surface area contributed by atoms with Crippen molar-refractivity contribution in [3.05, 3.63) is 59.5 Å². The van der Waals surface area contributed by atoms with Crippen molar-refractivity contribution in [1.82, 2.24) is 10.3 Å². The molecule has 0 aliphatic carbocycles. The van der Waals surface area contributed by atoms with Crippen molar-refractivity contribution in [1.29, 1.82) is 0 Å². The Bertz CT molecular complexity index is 743. The first-order chi connectivity index (χ1) is 12.0. The largest absolute Gasteiger partial charge is 0.494 e. The second-order valence-electron chi connectivity index (χ2n) is 5.62. The van der Waals surface area contributed by atoms with Gasteiger partial charge in [0.05, 0.1) is 13.2 Å². The van der Waals surface area contributed by atoms with Gasteiger partial charge in [0, 0.05) is 24.9 Å². The van der Waals surface area contributed by atoms with Crippen molar-refractivity contribution in [2.75, 3.05) is 7.11 Å². The van der Waals surface area contributed by atoms with Crippen LogP contribution in [0.2, 0.25) is 0 Å². The topological polar surface area (TPSA) is 60.5 Å². The fraction of sp³-hybridized carbons (Fsp3) is 0.263. The molecule has 1 aromatic carbocycles. The van der Waals surface area contributed by atoms with E-state index in [-0.39, 0.29) is 17.8 Å². The number of hydrogen-bond donors (Lipinski definition) is 1. The van der Waals surface area contributed by atoms with E-state index in [0.29, 0.717) is 18.0 Å². The first kappa shape index (κ1) is 18.4. The zero-order valence-electron chi connectivity index (χ0n) is 14.5. The van der Waals surface area contributed by atoms with E-state index in [1.165, 1.54) is 31.4 Å². The van der Waals surface area contributed by atoms with Gasteiger partial charge in [-0.2, -0.15) is 0 Å². The van der Waals surface area contributed by atoms with Crippen molar-refractivity contribution in [2.24, 2.45) is 0 Å². The minimum absolute atomic E-state index is 0.0611. The molecule has 0 radical (unpaired) electrons. The number of halogens is 1. The molecule has 0 spiro atoms. The SMILES string of the molecule is COc1ccc(C=CC(=O)NCc2ccc(OC(C)C)nc2)cc1F. The minimum Gasteiger partial charge on any atom is -0.494 e. The minimum atomic E-state index is -0.472. The summed E-state index contributed by atoms with van der Waals surface area (Å²) in [6.45, 7) is 4.20. The number of hydrogen-bond acceptors (Lipinski definition) is 4. The maximum absolute atomic E-state index is 13.6. The van der Waals surface area contributed by atoms with Crippen molar-refractivity contribution in [3.63, 3.8) is 0 Å². The molecule has 5 nitrogen and oxygen atoms in total. The average Bonchev–Trinajstić information content (AvgIpc) is 2.59. The molecule has 1 aromatic heterocycles. The van der Waals surface area contributed by atoms with Crippen LogP contribution < -0.4 is 14.8 Å². The zero-order valence-corrected chi connectivity index (χ0v) is 14.5. The number of nitrogens with zero attached hydrogens (tertiary/aromatic N) is 1. The van der Waals surface area contributed by atoms with Crippen LogP contribution in [0.25, 0.3) is 6.08 Å². The third kappa shape index (κ3) is 5.91. The zero-order chi connectivity index (χ0) is 18.2. The predicted octanol–water partition coefficient (Wildman–Crippen LogP) is 3.35. The van der Waals surface area contributed by atoms with E-state index >= 15 is 0 Å². The summed E-state index contributed by atoms with van der Waals surface area (Å²) in [5.74, 6) is -0.0379. The number of nitrogens with one attached hydrogen (secondary N) is 1. The molecule has 0 atom stereocenters. The standard InChI is InChI=1S/C19H21FN2O3/c1-13(2)25-19-9-6-15(12-22-19)11-21-18(23)8-5-14-4-7-17(24-3)16(20)10-14/h4-10,12-13H,11H2,1-3H3,(H,21,23). The van der Waals surface area contributed by atoms with Gasteiger partial charge in [-0.3, -0.25) is 4.79 Å². The molecule has 0 aliphatic rings. The van der Waals surface area contributed by atoms with Gasteiger partial charge in [0.15, 0.2) is 11.6 Å². The van der Waals surface area contributed by atoms with E-state index in [1.54, 1.807) is 18.3 Å². The molecule has 1 amide bonds. The van der Waals surface area contributed by atoms with Crippen molar-refractivity contribution < 1.29 is 18.7 Å². The van der Waals surface area contributed by atoms with Gasteiger partial charge >= 0.3 is 0 Å². The lowest BCUT2D eigenvalue weighted by Crippen LogP contribution is -2.20. The Hall–Kier alpha value is -2.89. The average molecular weight is 344 g/mol. The third-order valence-corrected chi connectivity index (χ3v) is 3.22. The second-order valence-corrected chi connectivity index (χ2v) is 5.62. The quantitative estimate of drug-likeness (QED) is 0.783. The number of aromatic nitrogens is 1. The number of rotatable bonds is 7. The molecule has 0 fully saturated rings. The van der Waals surface area contributed by atoms with Crippen molar-refractivity contribution >= 4 is 12.0 Å². The van der Waals surface area contributed by atoms with Gasteiger partial charge in [-0.05, 0) is 43.2 Å². The maximum atomic E-state index is 13.6. The number of pyridine rings is 1. The molecule has 2 rings (SSSR count). The highest BCUT2D eigenvalue weighted by atomic mass is 19.1. The van der Waals surface area contributed by atoms with Gasteiger partial charge in [-0.25, -0.2) is 9.37 Å². The molecule has 1 heterocycles. The first-order valence-electron chi connectivity index (χ1n) is 7.89. The molecule has 6 heteroatoms. The van der Waals surface area contributed by atoms with Crippen LogP contribution in [0.3, 0.4) is 0 Å². The smallest absolute Gasteiger partial charge is 0.244 e. The summed E-state index contributed by atoms with van der Waals surface area (Å²) >= 11 is 0. The lowest BCUT2D eigenvalue weighted by atomic mass is 10.2. The van der Waals surface area contributed by atoms with E-state index < -0.39 is 5.82 Å². The van der Waals surface area contributed by atoms with E-state index in [1.807, 2.05) is 19.9 Å². The van der Waals surface area contributed by atoms with Crippen LogP contribution in [0.4, 0.5) is 4.39 Å². The molecule has 0 bridgehead atoms. The summed E-state index contributed by atoms with van der Waals surface area (Å²) in [6.07, 6.45) is 4.60. The molecular weight excluding hydrogens is 323 g/mol. The lowest BCUT2D eigenvalue weighted by molar-refractivity contribution is -0.116. The molecule has 1 N–H and O–H groups in total. The maximum Gasteiger partial charge on any atom is 0.244 e. The highest BCUT2D eigenvalue weighted by Crippen LogP contribution is 2.18. The van der Waals surface area contributed by atoms with Gasteiger partial charge in [0.2, 0.25) is 11.8 Å². The highest BCUT2D eigenvalue weighted by molar-refractivity contribution is 5.91. The number of ether oxygens (including phenoxy) is 2. The Morgan fingerprint density at radius 1 is 1.32 bits per heavy atom. The Balaban J connectivity index is 1.86. The van der Waals surface area contributed by atoms with Gasteiger partial charge in [0.1, 0.15) is 0 Å². The molecule has 0 unspecified atom stereocenters. The molecule has 0 aliphatic heterocycles. The van der Waals surface area contributed by atoms with Crippen LogP contribution in [0.5, 0.6) is 11.6 Å². The van der Waals surface area contributed by atoms with Gasteiger partial charge in [0.25, 0.3) is 0 Å². The Labute approximate surface area is 146 Å². The van der Waals surface area contributed by atoms with Crippen LogP contribution >= 0.6 is 0 Å². The monoisotopic (exact) mass is 344 g/mol. The Morgan fingerprint density at radius 3 is 2.72 bits per heavy atom. The van der Waals surface area contributed by atoms with Crippen molar-refractivity contribution in [3.8, 4) is 11.6 Å². The highest BCUT2D eigenvalue weighted by Gasteiger charge is 2.03. The molecular formula is C19H21FN2O3. The Morgan fingerprint density at radius 2 is 2.12 bits per heavy atom. The molecule has 2 aromatic rings. The van der Waals surface area contributed by atoms with Gasteiger partial charge in [-0.1, -0.05) is 12.1 Å². The second kappa shape index (κ2) is 8.82. The number of amides is 1. The summed E-state index contributed by atoms with van der Waals surface area (Å²) in [6, 6.07) is 8.09. The number of carbonyl (C=O) groups excluding carboxylic acids is 1. The van der Waals surface area contributed by atoms with E-state index in [9.17, 15) is 9.18 Å². The van der Waals surface area contributed by atoms with E-state index in [0.717, 1.165) is 5.56 Å². The lowest BCUT2D eigenvalue weighted by Gasteiger charge is -2.09. The summed E-state index contributed by atoms with van der Waals surface area (Å²) in [7, 11) is 1.40. The fourth-order valence-corrected chi connectivity index (χ4v) is 2.03. The Kier molecular flexibility index (Phi) is 6.51. The third-order valence-electron chi connectivity index (χ3n) is 3.22. The van der Waals surface area contributed by atoms with Gasteiger partial charge < -0.3 is 14.8 Å². The van der Waals surface area contributed by atoms with Crippen LogP contribution in [0, 0.1) is 5.82 Å².